The van der Waals surface area contributed by atoms with Crippen molar-refractivity contribution in [1.82, 2.24) is 9.97 Å². The molecule has 0 bridgehead atoms. The fourth-order valence-corrected chi connectivity index (χ4v) is 2.01. The molecule has 0 unspecified atom stereocenters. The van der Waals surface area contributed by atoms with Gasteiger partial charge in [-0.1, -0.05) is 17.7 Å². The van der Waals surface area contributed by atoms with Gasteiger partial charge in [0.05, 0.1) is 5.56 Å². The van der Waals surface area contributed by atoms with Gasteiger partial charge in [-0.3, -0.25) is 4.79 Å². The first kappa shape index (κ1) is 15.6. The summed E-state index contributed by atoms with van der Waals surface area (Å²) < 4.78 is 5.61. The van der Waals surface area contributed by atoms with E-state index in [4.69, 9.17) is 9.84 Å². The van der Waals surface area contributed by atoms with Gasteiger partial charge < -0.3 is 9.84 Å². The minimum atomic E-state index is -1.26. The molecule has 0 amide bonds. The lowest BCUT2D eigenvalue weighted by Gasteiger charge is -2.10. The summed E-state index contributed by atoms with van der Waals surface area (Å²) in [7, 11) is 0. The number of Topliss-reactive ketones (excluding diaryl/α,β-unsaturated/α-hetero) is 1. The van der Waals surface area contributed by atoms with Gasteiger partial charge in [-0.2, -0.15) is 0 Å². The Morgan fingerprint density at radius 2 is 2.00 bits per heavy atom. The molecule has 0 aliphatic carbocycles. The Bertz CT molecular complexity index is 741. The second-order valence-corrected chi connectivity index (χ2v) is 4.97. The molecule has 1 heterocycles. The van der Waals surface area contributed by atoms with Gasteiger partial charge in [0.2, 0.25) is 0 Å². The van der Waals surface area contributed by atoms with Crippen molar-refractivity contribution in [2.24, 2.45) is 0 Å². The van der Waals surface area contributed by atoms with Crippen LogP contribution in [0.25, 0.3) is 0 Å². The van der Waals surface area contributed by atoms with Crippen LogP contribution in [0.4, 0.5) is 0 Å². The number of carboxylic acid groups (broad SMARTS) is 1. The Morgan fingerprint density at radius 1 is 1.27 bits per heavy atom. The second-order valence-electron chi connectivity index (χ2n) is 4.97. The van der Waals surface area contributed by atoms with Crippen molar-refractivity contribution >= 4 is 11.8 Å². The summed E-state index contributed by atoms with van der Waals surface area (Å²) in [4.78, 5) is 30.4. The molecule has 2 rings (SSSR count). The van der Waals surface area contributed by atoms with Crippen molar-refractivity contribution in [3.05, 3.63) is 52.6 Å². The van der Waals surface area contributed by atoms with Gasteiger partial charge in [-0.05, 0) is 32.4 Å². The lowest BCUT2D eigenvalue weighted by Crippen LogP contribution is -2.13. The molecular formula is C16H16N2O4. The molecule has 114 valence electrons. The third kappa shape index (κ3) is 3.46. The van der Waals surface area contributed by atoms with Crippen LogP contribution in [-0.2, 0) is 6.61 Å². The zero-order valence-electron chi connectivity index (χ0n) is 12.6. The van der Waals surface area contributed by atoms with Crippen molar-refractivity contribution in [2.45, 2.75) is 27.4 Å². The molecule has 1 aromatic carbocycles. The molecule has 0 aliphatic rings. The number of carbonyl (C=O) groups is 2. The van der Waals surface area contributed by atoms with Crippen LogP contribution >= 0.6 is 0 Å². The van der Waals surface area contributed by atoms with E-state index < -0.39 is 5.97 Å². The molecule has 6 nitrogen and oxygen atoms in total. The summed E-state index contributed by atoms with van der Waals surface area (Å²) in [6, 6.07) is 5.75. The highest BCUT2D eigenvalue weighted by Gasteiger charge is 2.17. The first-order valence-corrected chi connectivity index (χ1v) is 6.68. The number of nitrogens with zero attached hydrogens (tertiary/aromatic N) is 2. The molecule has 1 aromatic heterocycles. The molecule has 0 spiro atoms. The van der Waals surface area contributed by atoms with Crippen molar-refractivity contribution in [1.29, 1.82) is 0 Å². The highest BCUT2D eigenvalue weighted by molar-refractivity contribution is 6.03. The number of hydrogen-bond donors (Lipinski definition) is 1. The second kappa shape index (κ2) is 6.34. The standard InChI is InChI=1S/C16H16N2O4/c1-9-4-5-13(10(2)6-9)22-8-14-17-7-12(11(3)19)15(18-14)16(20)21/h4-7H,8H2,1-3H3,(H,20,21). The first-order chi connectivity index (χ1) is 10.4. The Labute approximate surface area is 127 Å². The Kier molecular flexibility index (Phi) is 4.50. The summed E-state index contributed by atoms with van der Waals surface area (Å²) in [5.41, 5.74) is 1.78. The van der Waals surface area contributed by atoms with Gasteiger partial charge in [0, 0.05) is 6.20 Å². The van der Waals surface area contributed by atoms with Gasteiger partial charge in [0.25, 0.3) is 0 Å². The molecule has 6 heteroatoms. The van der Waals surface area contributed by atoms with Crippen molar-refractivity contribution in [2.75, 3.05) is 0 Å². The van der Waals surface area contributed by atoms with E-state index in [-0.39, 0.29) is 29.5 Å². The molecule has 2 aromatic rings. The average molecular weight is 300 g/mol. The Morgan fingerprint density at radius 3 is 2.59 bits per heavy atom. The molecule has 0 aliphatic heterocycles. The lowest BCUT2D eigenvalue weighted by molar-refractivity contribution is 0.0684. The van der Waals surface area contributed by atoms with Crippen molar-refractivity contribution in [3.8, 4) is 5.75 Å². The number of rotatable bonds is 5. The highest BCUT2D eigenvalue weighted by Crippen LogP contribution is 2.19. The largest absolute Gasteiger partial charge is 0.485 e. The molecule has 0 saturated carbocycles. The van der Waals surface area contributed by atoms with Crippen molar-refractivity contribution in [3.63, 3.8) is 0 Å². The zero-order valence-corrected chi connectivity index (χ0v) is 12.6. The van der Waals surface area contributed by atoms with Gasteiger partial charge >= 0.3 is 5.97 Å². The summed E-state index contributed by atoms with van der Waals surface area (Å²) >= 11 is 0. The van der Waals surface area contributed by atoms with Gasteiger partial charge in [0.1, 0.15) is 12.4 Å². The predicted octanol–water partition coefficient (Wildman–Crippen LogP) is 2.57. The smallest absolute Gasteiger partial charge is 0.355 e. The monoisotopic (exact) mass is 300 g/mol. The Balaban J connectivity index is 2.21. The van der Waals surface area contributed by atoms with E-state index in [1.807, 2.05) is 32.0 Å². The van der Waals surface area contributed by atoms with Crippen LogP contribution in [0.1, 0.15) is 44.7 Å². The summed E-state index contributed by atoms with van der Waals surface area (Å²) in [5, 5.41) is 9.12. The van der Waals surface area contributed by atoms with Crippen LogP contribution in [0.2, 0.25) is 0 Å². The average Bonchev–Trinajstić information content (AvgIpc) is 2.45. The van der Waals surface area contributed by atoms with Crippen LogP contribution < -0.4 is 4.74 Å². The van der Waals surface area contributed by atoms with E-state index in [1.165, 1.54) is 13.1 Å². The number of hydrogen-bond acceptors (Lipinski definition) is 5. The van der Waals surface area contributed by atoms with Gasteiger partial charge in [-0.25, -0.2) is 14.8 Å². The van der Waals surface area contributed by atoms with E-state index in [1.54, 1.807) is 0 Å². The van der Waals surface area contributed by atoms with Gasteiger partial charge in [0.15, 0.2) is 17.3 Å². The fourth-order valence-electron chi connectivity index (χ4n) is 2.01. The topological polar surface area (TPSA) is 89.4 Å². The SMILES string of the molecule is CC(=O)c1cnc(COc2ccc(C)cc2C)nc1C(=O)O. The molecule has 0 atom stereocenters. The number of ketones is 1. The molecule has 0 fully saturated rings. The van der Waals surface area contributed by atoms with E-state index in [2.05, 4.69) is 9.97 Å². The number of benzene rings is 1. The number of aromatic nitrogens is 2. The minimum Gasteiger partial charge on any atom is -0.485 e. The maximum atomic E-state index is 11.4. The molecule has 0 radical (unpaired) electrons. The third-order valence-electron chi connectivity index (χ3n) is 3.11. The van der Waals surface area contributed by atoms with E-state index in [0.29, 0.717) is 5.75 Å². The van der Waals surface area contributed by atoms with Gasteiger partial charge in [-0.15, -0.1) is 0 Å². The highest BCUT2D eigenvalue weighted by atomic mass is 16.5. The van der Waals surface area contributed by atoms with Crippen LogP contribution in [-0.4, -0.2) is 26.8 Å². The predicted molar refractivity (Wildman–Crippen MR) is 79.2 cm³/mol. The lowest BCUT2D eigenvalue weighted by atomic mass is 10.1. The Hall–Kier alpha value is -2.76. The zero-order chi connectivity index (χ0) is 16.3. The summed E-state index contributed by atoms with van der Waals surface area (Å²) in [6.07, 6.45) is 1.22. The molecular weight excluding hydrogens is 284 g/mol. The third-order valence-corrected chi connectivity index (χ3v) is 3.11. The number of carboxylic acids is 1. The number of aromatic carboxylic acids is 1. The summed E-state index contributed by atoms with van der Waals surface area (Å²) in [5.74, 6) is -0.760. The quantitative estimate of drug-likeness (QED) is 0.854. The molecule has 1 N–H and O–H groups in total. The van der Waals surface area contributed by atoms with E-state index in [0.717, 1.165) is 11.1 Å². The normalized spacial score (nSPS) is 10.3. The number of aryl methyl sites for hydroxylation is 2. The van der Waals surface area contributed by atoms with Crippen LogP contribution in [0.3, 0.4) is 0 Å². The number of ether oxygens (including phenoxy) is 1. The summed E-state index contributed by atoms with van der Waals surface area (Å²) in [6.45, 7) is 5.21. The maximum absolute atomic E-state index is 11.4. The minimum absolute atomic E-state index is 0.0113. The van der Waals surface area contributed by atoms with Crippen molar-refractivity contribution < 1.29 is 19.4 Å². The fraction of sp³-hybridized carbons (Fsp3) is 0.250. The van der Waals surface area contributed by atoms with Crippen LogP contribution in [0, 0.1) is 13.8 Å². The van der Waals surface area contributed by atoms with Crippen LogP contribution in [0.15, 0.2) is 24.4 Å². The number of carbonyl (C=O) groups excluding carboxylic acids is 1. The van der Waals surface area contributed by atoms with E-state index in [9.17, 15) is 9.59 Å². The van der Waals surface area contributed by atoms with E-state index >= 15 is 0 Å². The molecule has 0 saturated heterocycles. The molecule has 22 heavy (non-hydrogen) atoms. The first-order valence-electron chi connectivity index (χ1n) is 6.68. The van der Waals surface area contributed by atoms with Crippen LogP contribution in [0.5, 0.6) is 5.75 Å². The maximum Gasteiger partial charge on any atom is 0.355 e.